The minimum atomic E-state index is 0.458. The van der Waals surface area contributed by atoms with Crippen LogP contribution in [0.4, 0.5) is 0 Å². The first-order chi connectivity index (χ1) is 15.8. The van der Waals surface area contributed by atoms with Crippen molar-refractivity contribution in [3.05, 3.63) is 96.4 Å². The molecule has 0 radical (unpaired) electrons. The van der Waals surface area contributed by atoms with Crippen molar-refractivity contribution in [3.63, 3.8) is 0 Å². The van der Waals surface area contributed by atoms with E-state index in [9.17, 15) is 0 Å². The monoisotopic (exact) mass is 437 g/mol. The number of benzene rings is 3. The minimum Gasteiger partial charge on any atom is -0.338 e. The molecule has 0 saturated heterocycles. The van der Waals surface area contributed by atoms with Gasteiger partial charge in [0, 0.05) is 16.7 Å². The summed E-state index contributed by atoms with van der Waals surface area (Å²) in [5.74, 6) is 1.56. The van der Waals surface area contributed by atoms with Crippen LogP contribution in [0.15, 0.2) is 94.6 Å². The van der Waals surface area contributed by atoms with E-state index in [-0.39, 0.29) is 0 Å². The van der Waals surface area contributed by atoms with E-state index in [1.54, 1.807) is 0 Å². The van der Waals surface area contributed by atoms with Crippen LogP contribution in [0.1, 0.15) is 11.5 Å². The molecule has 5 aromatic rings. The summed E-state index contributed by atoms with van der Waals surface area (Å²) in [6, 6.07) is 27.9. The average molecular weight is 438 g/mol. The predicted molar refractivity (Wildman–Crippen MR) is 125 cm³/mol. The van der Waals surface area contributed by atoms with E-state index in [2.05, 4.69) is 20.3 Å². The fourth-order valence-electron chi connectivity index (χ4n) is 3.33. The maximum atomic E-state index is 5.45. The minimum absolute atomic E-state index is 0.458. The van der Waals surface area contributed by atoms with Gasteiger partial charge in [0.1, 0.15) is 11.4 Å². The SMILES string of the molecule is Cc1ccccc1-c1noc(CSc2nnc(-c3ccccc3)c(-c3ccccc3)n2)n1. The van der Waals surface area contributed by atoms with Gasteiger partial charge in [0.15, 0.2) is 0 Å². The summed E-state index contributed by atoms with van der Waals surface area (Å²) in [7, 11) is 0. The molecule has 0 aliphatic carbocycles. The van der Waals surface area contributed by atoms with Gasteiger partial charge in [0.2, 0.25) is 16.9 Å². The Morgan fingerprint density at radius 2 is 1.38 bits per heavy atom. The van der Waals surface area contributed by atoms with E-state index in [0.717, 1.165) is 33.6 Å². The largest absolute Gasteiger partial charge is 0.338 e. The second-order valence-electron chi connectivity index (χ2n) is 7.14. The molecule has 0 N–H and O–H groups in total. The molecule has 156 valence electrons. The van der Waals surface area contributed by atoms with Crippen molar-refractivity contribution >= 4 is 11.8 Å². The zero-order valence-corrected chi connectivity index (χ0v) is 18.2. The first kappa shape index (κ1) is 20.1. The Morgan fingerprint density at radius 3 is 2.09 bits per heavy atom. The Hall–Kier alpha value is -3.84. The Morgan fingerprint density at radius 1 is 0.719 bits per heavy atom. The van der Waals surface area contributed by atoms with Gasteiger partial charge in [0.25, 0.3) is 0 Å². The molecule has 7 heteroatoms. The molecular formula is C25H19N5OS. The molecule has 5 rings (SSSR count). The molecule has 0 unspecified atom stereocenters. The third-order valence-electron chi connectivity index (χ3n) is 4.94. The first-order valence-electron chi connectivity index (χ1n) is 10.1. The van der Waals surface area contributed by atoms with E-state index in [4.69, 9.17) is 9.51 Å². The van der Waals surface area contributed by atoms with Crippen LogP contribution in [-0.4, -0.2) is 25.3 Å². The maximum Gasteiger partial charge on any atom is 0.237 e. The van der Waals surface area contributed by atoms with Crippen LogP contribution in [0.2, 0.25) is 0 Å². The summed E-state index contributed by atoms with van der Waals surface area (Å²) < 4.78 is 5.45. The van der Waals surface area contributed by atoms with E-state index >= 15 is 0 Å². The normalized spacial score (nSPS) is 10.9. The van der Waals surface area contributed by atoms with Crippen LogP contribution in [0.3, 0.4) is 0 Å². The van der Waals surface area contributed by atoms with E-state index < -0.39 is 0 Å². The predicted octanol–water partition coefficient (Wildman–Crippen LogP) is 5.86. The summed E-state index contributed by atoms with van der Waals surface area (Å²) in [6.07, 6.45) is 0. The summed E-state index contributed by atoms with van der Waals surface area (Å²) >= 11 is 1.42. The van der Waals surface area contributed by atoms with Crippen LogP contribution in [0.5, 0.6) is 0 Å². The van der Waals surface area contributed by atoms with Crippen LogP contribution in [-0.2, 0) is 5.75 Å². The van der Waals surface area contributed by atoms with Crippen molar-refractivity contribution < 1.29 is 4.52 Å². The maximum absolute atomic E-state index is 5.45. The average Bonchev–Trinajstić information content (AvgIpc) is 3.33. The second kappa shape index (κ2) is 9.11. The zero-order valence-electron chi connectivity index (χ0n) is 17.3. The van der Waals surface area contributed by atoms with Crippen molar-refractivity contribution in [2.75, 3.05) is 0 Å². The number of thioether (sulfide) groups is 1. The fraction of sp³-hybridized carbons (Fsp3) is 0.0800. The fourth-order valence-corrected chi connectivity index (χ4v) is 3.96. The van der Waals surface area contributed by atoms with Crippen molar-refractivity contribution in [1.82, 2.24) is 25.3 Å². The molecule has 0 bridgehead atoms. The summed E-state index contributed by atoms with van der Waals surface area (Å²) in [5, 5.41) is 13.5. The number of hydrogen-bond donors (Lipinski definition) is 0. The molecule has 0 spiro atoms. The third-order valence-corrected chi connectivity index (χ3v) is 5.76. The van der Waals surface area contributed by atoms with Crippen LogP contribution >= 0.6 is 11.8 Å². The topological polar surface area (TPSA) is 77.6 Å². The number of rotatable bonds is 6. The van der Waals surface area contributed by atoms with Crippen LogP contribution < -0.4 is 0 Å². The molecule has 0 fully saturated rings. The summed E-state index contributed by atoms with van der Waals surface area (Å²) in [4.78, 5) is 9.34. The Kier molecular flexibility index (Phi) is 5.72. The Labute approximate surface area is 189 Å². The summed E-state index contributed by atoms with van der Waals surface area (Å²) in [6.45, 7) is 2.03. The Balaban J connectivity index is 1.41. The highest BCUT2D eigenvalue weighted by Crippen LogP contribution is 2.30. The molecule has 6 nitrogen and oxygen atoms in total. The van der Waals surface area contributed by atoms with Gasteiger partial charge in [-0.3, -0.25) is 0 Å². The number of hydrogen-bond acceptors (Lipinski definition) is 7. The second-order valence-corrected chi connectivity index (χ2v) is 8.08. The summed E-state index contributed by atoms with van der Waals surface area (Å²) in [5.41, 5.74) is 5.57. The van der Waals surface area contributed by atoms with Crippen molar-refractivity contribution in [2.24, 2.45) is 0 Å². The molecule has 0 saturated carbocycles. The zero-order chi connectivity index (χ0) is 21.8. The molecule has 0 atom stereocenters. The molecule has 3 aromatic carbocycles. The van der Waals surface area contributed by atoms with Gasteiger partial charge in [-0.2, -0.15) is 4.98 Å². The van der Waals surface area contributed by atoms with Gasteiger partial charge in [-0.05, 0) is 12.5 Å². The first-order valence-corrected chi connectivity index (χ1v) is 11.1. The van der Waals surface area contributed by atoms with Gasteiger partial charge >= 0.3 is 0 Å². The van der Waals surface area contributed by atoms with Gasteiger partial charge in [-0.25, -0.2) is 4.98 Å². The standard InChI is InChI=1S/C25H19N5OS/c1-17-10-8-9-15-20(17)24-26-21(31-30-24)16-32-25-27-22(18-11-4-2-5-12-18)23(28-29-25)19-13-6-3-7-14-19/h2-15H,16H2,1H3. The van der Waals surface area contributed by atoms with Crippen molar-refractivity contribution in [2.45, 2.75) is 17.8 Å². The molecule has 0 aliphatic rings. The van der Waals surface area contributed by atoms with Crippen LogP contribution in [0, 0.1) is 6.92 Å². The molecule has 32 heavy (non-hydrogen) atoms. The van der Waals surface area contributed by atoms with Gasteiger partial charge in [0.05, 0.1) is 5.75 Å². The van der Waals surface area contributed by atoms with Gasteiger partial charge in [-0.15, -0.1) is 10.2 Å². The lowest BCUT2D eigenvalue weighted by Gasteiger charge is -2.09. The molecule has 0 amide bonds. The Bertz CT molecular complexity index is 1340. The quantitative estimate of drug-likeness (QED) is 0.308. The number of nitrogens with zero attached hydrogens (tertiary/aromatic N) is 5. The highest BCUT2D eigenvalue weighted by molar-refractivity contribution is 7.98. The van der Waals surface area contributed by atoms with Crippen LogP contribution in [0.25, 0.3) is 33.9 Å². The van der Waals surface area contributed by atoms with Gasteiger partial charge in [-0.1, -0.05) is 102 Å². The lowest BCUT2D eigenvalue weighted by molar-refractivity contribution is 0.391. The van der Waals surface area contributed by atoms with E-state index in [1.807, 2.05) is 91.9 Å². The molecule has 2 heterocycles. The van der Waals surface area contributed by atoms with Crippen molar-refractivity contribution in [3.8, 4) is 33.9 Å². The van der Waals surface area contributed by atoms with Gasteiger partial charge < -0.3 is 4.52 Å². The van der Waals surface area contributed by atoms with E-state index in [1.165, 1.54) is 11.8 Å². The molecule has 0 aliphatic heterocycles. The lowest BCUT2D eigenvalue weighted by atomic mass is 10.0. The number of aromatic nitrogens is 5. The lowest BCUT2D eigenvalue weighted by Crippen LogP contribution is -1.99. The van der Waals surface area contributed by atoms with Crippen molar-refractivity contribution in [1.29, 1.82) is 0 Å². The third kappa shape index (κ3) is 4.29. The highest BCUT2D eigenvalue weighted by Gasteiger charge is 2.15. The highest BCUT2D eigenvalue weighted by atomic mass is 32.2. The molecular weight excluding hydrogens is 418 g/mol. The number of aryl methyl sites for hydroxylation is 1. The molecule has 2 aromatic heterocycles. The smallest absolute Gasteiger partial charge is 0.237 e. The van der Waals surface area contributed by atoms with E-state index in [0.29, 0.717) is 22.6 Å².